The van der Waals surface area contributed by atoms with E-state index in [1.807, 2.05) is 54.2 Å². The molecule has 0 radical (unpaired) electrons. The van der Waals surface area contributed by atoms with Gasteiger partial charge in [-0.3, -0.25) is 0 Å². The van der Waals surface area contributed by atoms with E-state index in [1.165, 1.54) is 0 Å². The molecule has 122 valence electrons. The van der Waals surface area contributed by atoms with Crippen molar-refractivity contribution >= 4 is 17.4 Å². The van der Waals surface area contributed by atoms with E-state index in [1.54, 1.807) is 11.8 Å². The Kier molecular flexibility index (Phi) is 3.86. The van der Waals surface area contributed by atoms with Crippen LogP contribution < -0.4 is 10.1 Å². The Balaban J connectivity index is 1.85. The number of hydrogen-bond donors (Lipinski definition) is 1. The lowest BCUT2D eigenvalue weighted by Crippen LogP contribution is -2.19. The number of aromatic nitrogens is 4. The SMILES string of the molecule is CCSc1nnc2c(n1)OC(c1cccn1C)Nc1ccccc1-2. The number of hydrogen-bond acceptors (Lipinski definition) is 6. The monoisotopic (exact) mass is 339 g/mol. The first-order chi connectivity index (χ1) is 11.8. The number of nitrogens with zero attached hydrogens (tertiary/aromatic N) is 4. The number of benzene rings is 1. The summed E-state index contributed by atoms with van der Waals surface area (Å²) in [5.74, 6) is 1.39. The lowest BCUT2D eigenvalue weighted by atomic mass is 10.1. The minimum Gasteiger partial charge on any atom is -0.446 e. The van der Waals surface area contributed by atoms with Crippen molar-refractivity contribution in [1.29, 1.82) is 0 Å². The van der Waals surface area contributed by atoms with E-state index in [0.717, 1.165) is 22.7 Å². The zero-order chi connectivity index (χ0) is 16.5. The molecule has 1 N–H and O–H groups in total. The van der Waals surface area contributed by atoms with Gasteiger partial charge in [-0.05, 0) is 24.0 Å². The van der Waals surface area contributed by atoms with Crippen molar-refractivity contribution in [3.63, 3.8) is 0 Å². The molecule has 0 bridgehead atoms. The molecule has 0 fully saturated rings. The molecule has 0 aliphatic carbocycles. The third-order valence-corrected chi connectivity index (χ3v) is 4.58. The molecule has 1 aliphatic heterocycles. The molecule has 0 saturated heterocycles. The molecule has 3 aromatic rings. The molecular weight excluding hydrogens is 322 g/mol. The van der Waals surface area contributed by atoms with Crippen molar-refractivity contribution in [2.24, 2.45) is 7.05 Å². The fraction of sp³-hybridized carbons (Fsp3) is 0.235. The average Bonchev–Trinajstić information content (AvgIpc) is 2.94. The van der Waals surface area contributed by atoms with E-state index in [-0.39, 0.29) is 6.23 Å². The third kappa shape index (κ3) is 2.60. The summed E-state index contributed by atoms with van der Waals surface area (Å²) >= 11 is 1.55. The first-order valence-electron chi connectivity index (χ1n) is 7.77. The molecule has 4 rings (SSSR count). The second-order valence-corrected chi connectivity index (χ2v) is 6.64. The van der Waals surface area contributed by atoms with Crippen LogP contribution in [0, 0.1) is 0 Å². The first kappa shape index (κ1) is 15.0. The maximum absolute atomic E-state index is 6.19. The van der Waals surface area contributed by atoms with Gasteiger partial charge in [0.1, 0.15) is 0 Å². The summed E-state index contributed by atoms with van der Waals surface area (Å²) in [6, 6.07) is 12.0. The van der Waals surface area contributed by atoms with Crippen molar-refractivity contribution in [3.8, 4) is 17.1 Å². The van der Waals surface area contributed by atoms with Gasteiger partial charge in [0.15, 0.2) is 5.69 Å². The van der Waals surface area contributed by atoms with Crippen LogP contribution >= 0.6 is 11.8 Å². The summed E-state index contributed by atoms with van der Waals surface area (Å²) in [6.07, 6.45) is 1.65. The van der Waals surface area contributed by atoms with E-state index in [0.29, 0.717) is 16.7 Å². The Hall–Kier alpha value is -2.54. The lowest BCUT2D eigenvalue weighted by molar-refractivity contribution is 0.217. The van der Waals surface area contributed by atoms with E-state index >= 15 is 0 Å². The minimum atomic E-state index is -0.344. The van der Waals surface area contributed by atoms with Crippen LogP contribution in [0.25, 0.3) is 11.3 Å². The number of anilines is 1. The van der Waals surface area contributed by atoms with Crippen LogP contribution in [0.2, 0.25) is 0 Å². The number of para-hydroxylation sites is 1. The maximum Gasteiger partial charge on any atom is 0.247 e. The van der Waals surface area contributed by atoms with Gasteiger partial charge in [0.2, 0.25) is 17.3 Å². The van der Waals surface area contributed by atoms with Crippen molar-refractivity contribution < 1.29 is 4.74 Å². The van der Waals surface area contributed by atoms with Gasteiger partial charge >= 0.3 is 0 Å². The van der Waals surface area contributed by atoms with Crippen molar-refractivity contribution in [3.05, 3.63) is 48.3 Å². The van der Waals surface area contributed by atoms with E-state index in [9.17, 15) is 0 Å². The van der Waals surface area contributed by atoms with Crippen molar-refractivity contribution in [2.75, 3.05) is 11.1 Å². The largest absolute Gasteiger partial charge is 0.446 e. The van der Waals surface area contributed by atoms with E-state index in [2.05, 4.69) is 27.4 Å². The summed E-state index contributed by atoms with van der Waals surface area (Å²) in [7, 11) is 1.99. The summed E-state index contributed by atoms with van der Waals surface area (Å²) in [4.78, 5) is 4.57. The van der Waals surface area contributed by atoms with Gasteiger partial charge in [-0.1, -0.05) is 36.9 Å². The molecule has 7 heteroatoms. The molecule has 0 saturated carbocycles. The van der Waals surface area contributed by atoms with Crippen LogP contribution in [0.1, 0.15) is 18.8 Å². The maximum atomic E-state index is 6.19. The van der Waals surface area contributed by atoms with Crippen LogP contribution in [0.5, 0.6) is 5.88 Å². The predicted octanol–water partition coefficient (Wildman–Crippen LogP) is 3.49. The molecule has 2 aromatic heterocycles. The fourth-order valence-electron chi connectivity index (χ4n) is 2.72. The standard InChI is InChI=1S/C17H17N5OS/c1-3-24-17-19-16-14(20-21-17)11-7-4-5-8-12(11)18-15(23-16)13-9-6-10-22(13)2/h4-10,15,18H,3H2,1-2H3. The molecule has 0 spiro atoms. The molecule has 0 amide bonds. The zero-order valence-electron chi connectivity index (χ0n) is 13.4. The number of thioether (sulfide) groups is 1. The van der Waals surface area contributed by atoms with Gasteiger partial charge in [0.25, 0.3) is 0 Å². The van der Waals surface area contributed by atoms with Crippen molar-refractivity contribution in [1.82, 2.24) is 19.7 Å². The van der Waals surface area contributed by atoms with Gasteiger partial charge in [0, 0.05) is 24.5 Å². The molecular formula is C17H17N5OS. The van der Waals surface area contributed by atoms with Crippen LogP contribution in [0.15, 0.2) is 47.8 Å². The molecule has 3 heterocycles. The zero-order valence-corrected chi connectivity index (χ0v) is 14.2. The van der Waals surface area contributed by atoms with Gasteiger partial charge in [-0.25, -0.2) is 0 Å². The summed E-state index contributed by atoms with van der Waals surface area (Å²) in [5, 5.41) is 12.7. The Labute approximate surface area is 144 Å². The molecule has 6 nitrogen and oxygen atoms in total. The number of nitrogens with one attached hydrogen (secondary N) is 1. The molecule has 1 aliphatic rings. The highest BCUT2D eigenvalue weighted by molar-refractivity contribution is 7.99. The van der Waals surface area contributed by atoms with E-state index < -0.39 is 0 Å². The van der Waals surface area contributed by atoms with Gasteiger partial charge in [-0.15, -0.1) is 10.2 Å². The topological polar surface area (TPSA) is 64.9 Å². The summed E-state index contributed by atoms with van der Waals surface area (Å²) < 4.78 is 8.22. The van der Waals surface area contributed by atoms with Crippen LogP contribution in [-0.2, 0) is 7.05 Å². The highest BCUT2D eigenvalue weighted by Gasteiger charge is 2.26. The highest BCUT2D eigenvalue weighted by Crippen LogP contribution is 2.39. The Morgan fingerprint density at radius 3 is 2.88 bits per heavy atom. The highest BCUT2D eigenvalue weighted by atomic mass is 32.2. The number of rotatable bonds is 3. The second-order valence-electron chi connectivity index (χ2n) is 5.41. The lowest BCUT2D eigenvalue weighted by Gasteiger charge is -2.19. The third-order valence-electron chi connectivity index (χ3n) is 3.86. The van der Waals surface area contributed by atoms with Crippen molar-refractivity contribution in [2.45, 2.75) is 18.3 Å². The number of ether oxygens (including phenoxy) is 1. The smallest absolute Gasteiger partial charge is 0.247 e. The Morgan fingerprint density at radius 2 is 2.08 bits per heavy atom. The van der Waals surface area contributed by atoms with Crippen LogP contribution in [0.3, 0.4) is 0 Å². The minimum absolute atomic E-state index is 0.344. The Bertz CT molecular complexity index is 879. The van der Waals surface area contributed by atoms with Crippen LogP contribution in [-0.4, -0.2) is 25.5 Å². The number of aryl methyl sites for hydroxylation is 1. The number of fused-ring (bicyclic) bond motifs is 3. The Morgan fingerprint density at radius 1 is 1.21 bits per heavy atom. The normalized spacial score (nSPS) is 15.7. The van der Waals surface area contributed by atoms with Gasteiger partial charge < -0.3 is 14.6 Å². The van der Waals surface area contributed by atoms with Gasteiger partial charge in [0.05, 0.1) is 5.69 Å². The fourth-order valence-corrected chi connectivity index (χ4v) is 3.22. The van der Waals surface area contributed by atoms with Gasteiger partial charge in [-0.2, -0.15) is 4.98 Å². The van der Waals surface area contributed by atoms with E-state index in [4.69, 9.17) is 4.74 Å². The average molecular weight is 339 g/mol. The second kappa shape index (κ2) is 6.16. The summed E-state index contributed by atoms with van der Waals surface area (Å²) in [5.41, 5.74) is 3.57. The summed E-state index contributed by atoms with van der Waals surface area (Å²) in [6.45, 7) is 2.06. The van der Waals surface area contributed by atoms with Crippen LogP contribution in [0.4, 0.5) is 5.69 Å². The molecule has 1 unspecified atom stereocenters. The molecule has 1 aromatic carbocycles. The quantitative estimate of drug-likeness (QED) is 0.737. The predicted molar refractivity (Wildman–Crippen MR) is 94.1 cm³/mol. The molecule has 24 heavy (non-hydrogen) atoms. The molecule has 1 atom stereocenters. The first-order valence-corrected chi connectivity index (χ1v) is 8.76.